The van der Waals surface area contributed by atoms with Crippen molar-refractivity contribution in [3.63, 3.8) is 0 Å². The molecule has 2 heterocycles. The van der Waals surface area contributed by atoms with Crippen molar-refractivity contribution in [3.8, 4) is 0 Å². The summed E-state index contributed by atoms with van der Waals surface area (Å²) in [6.07, 6.45) is 8.49. The minimum Gasteiger partial charge on any atom is -0.335 e. The molecule has 0 spiro atoms. The van der Waals surface area contributed by atoms with Gasteiger partial charge in [0, 0.05) is 41.2 Å². The van der Waals surface area contributed by atoms with Crippen molar-refractivity contribution in [2.75, 3.05) is 22.9 Å². The van der Waals surface area contributed by atoms with Crippen LogP contribution in [0.1, 0.15) is 43.0 Å². The molecule has 7 rings (SSSR count). The summed E-state index contributed by atoms with van der Waals surface area (Å²) in [4.78, 5) is 32.1. The fraction of sp³-hybridized carbons (Fsp3) is 0.0625. The Bertz CT molecular complexity index is 1650. The average Bonchev–Trinajstić information content (AvgIpc) is 2.94. The second kappa shape index (κ2) is 7.92. The first-order chi connectivity index (χ1) is 17.7. The molecule has 0 saturated carbocycles. The maximum absolute atomic E-state index is 14.1. The van der Waals surface area contributed by atoms with E-state index in [1.807, 2.05) is 48.5 Å². The van der Waals surface area contributed by atoms with Gasteiger partial charge < -0.3 is 9.80 Å². The molecule has 2 aliphatic heterocycles. The monoisotopic (exact) mass is 466 g/mol. The Morgan fingerprint density at radius 1 is 0.500 bits per heavy atom. The van der Waals surface area contributed by atoms with E-state index in [9.17, 15) is 9.59 Å². The van der Waals surface area contributed by atoms with Gasteiger partial charge in [-0.05, 0) is 35.4 Å². The maximum Gasteiger partial charge on any atom is 0.196 e. The van der Waals surface area contributed by atoms with Gasteiger partial charge in [0.1, 0.15) is 0 Å². The minimum atomic E-state index is -0.107. The smallest absolute Gasteiger partial charge is 0.196 e. The van der Waals surface area contributed by atoms with Crippen LogP contribution in [0.2, 0.25) is 0 Å². The van der Waals surface area contributed by atoms with Crippen LogP contribution in [0.5, 0.6) is 0 Å². The lowest BCUT2D eigenvalue weighted by Gasteiger charge is -2.37. The standard InChI is InChI=1S/C32H22N2O2/c35-31-23-13-3-4-14-24(23)32(36)29-25(31)17-18-28(33-19-7-11-21-9-1-5-15-26(21)33)30(29)34-20-8-12-22-10-2-6-16-27(22)34/h1-18H,19-20H2. The molecular weight excluding hydrogens is 444 g/mol. The molecular formula is C32H22N2O2. The van der Waals surface area contributed by atoms with Crippen LogP contribution in [0.15, 0.2) is 97.1 Å². The number of ketones is 2. The number of hydrogen-bond donors (Lipinski definition) is 0. The maximum atomic E-state index is 14.1. The zero-order chi connectivity index (χ0) is 24.2. The van der Waals surface area contributed by atoms with Crippen LogP contribution in [0.25, 0.3) is 12.2 Å². The van der Waals surface area contributed by atoms with Gasteiger partial charge in [0.2, 0.25) is 0 Å². The molecule has 1 aliphatic carbocycles. The van der Waals surface area contributed by atoms with Crippen LogP contribution < -0.4 is 9.80 Å². The van der Waals surface area contributed by atoms with Crippen molar-refractivity contribution in [2.24, 2.45) is 0 Å². The number of benzene rings is 4. The zero-order valence-electron chi connectivity index (χ0n) is 19.5. The summed E-state index contributed by atoms with van der Waals surface area (Å²) in [6.45, 7) is 1.28. The Balaban J connectivity index is 1.53. The van der Waals surface area contributed by atoms with E-state index in [1.165, 1.54) is 0 Å². The summed E-state index contributed by atoms with van der Waals surface area (Å²) in [6, 6.07) is 27.4. The third-order valence-corrected chi connectivity index (χ3v) is 7.23. The van der Waals surface area contributed by atoms with Crippen molar-refractivity contribution in [1.29, 1.82) is 0 Å². The summed E-state index contributed by atoms with van der Waals surface area (Å²) in [7, 11) is 0. The second-order valence-electron chi connectivity index (χ2n) is 9.20. The summed E-state index contributed by atoms with van der Waals surface area (Å²) in [5.41, 5.74) is 7.89. The highest BCUT2D eigenvalue weighted by atomic mass is 16.1. The van der Waals surface area contributed by atoms with Crippen LogP contribution >= 0.6 is 0 Å². The SMILES string of the molecule is O=C1c2ccccc2C(=O)c2c1ccc(N1CC=Cc3ccccc31)c2N1CC=Cc2ccccc21. The first-order valence-corrected chi connectivity index (χ1v) is 12.1. The Morgan fingerprint density at radius 3 is 1.75 bits per heavy atom. The molecule has 36 heavy (non-hydrogen) atoms. The highest BCUT2D eigenvalue weighted by Gasteiger charge is 2.36. The van der Waals surface area contributed by atoms with E-state index in [4.69, 9.17) is 0 Å². The molecule has 0 atom stereocenters. The van der Waals surface area contributed by atoms with Crippen LogP contribution in [0.4, 0.5) is 22.7 Å². The first-order valence-electron chi connectivity index (χ1n) is 12.1. The van der Waals surface area contributed by atoms with E-state index in [-0.39, 0.29) is 11.6 Å². The van der Waals surface area contributed by atoms with Gasteiger partial charge in [-0.25, -0.2) is 0 Å². The normalized spacial score (nSPS) is 15.3. The Labute approximate surface area is 209 Å². The zero-order valence-corrected chi connectivity index (χ0v) is 19.5. The molecule has 0 amide bonds. The Hall–Kier alpha value is -4.70. The quantitative estimate of drug-likeness (QED) is 0.287. The Kier molecular flexibility index (Phi) is 4.55. The van der Waals surface area contributed by atoms with E-state index in [1.54, 1.807) is 12.1 Å². The van der Waals surface area contributed by atoms with Crippen LogP contribution in [0, 0.1) is 0 Å². The summed E-state index contributed by atoms with van der Waals surface area (Å²) < 4.78 is 0. The summed E-state index contributed by atoms with van der Waals surface area (Å²) >= 11 is 0. The average molecular weight is 467 g/mol. The van der Waals surface area contributed by atoms with E-state index in [2.05, 4.69) is 58.4 Å². The predicted molar refractivity (Wildman–Crippen MR) is 145 cm³/mol. The minimum absolute atomic E-state index is 0.104. The van der Waals surface area contributed by atoms with Gasteiger partial charge in [-0.3, -0.25) is 9.59 Å². The number of fused-ring (bicyclic) bond motifs is 4. The number of anilines is 4. The summed E-state index contributed by atoms with van der Waals surface area (Å²) in [5.74, 6) is -0.210. The molecule has 0 N–H and O–H groups in total. The number of rotatable bonds is 2. The molecule has 172 valence electrons. The lowest BCUT2D eigenvalue weighted by molar-refractivity contribution is 0.0979. The molecule has 0 unspecified atom stereocenters. The third-order valence-electron chi connectivity index (χ3n) is 7.23. The molecule has 0 saturated heterocycles. The van der Waals surface area contributed by atoms with Crippen molar-refractivity contribution in [2.45, 2.75) is 0 Å². The van der Waals surface area contributed by atoms with Crippen molar-refractivity contribution >= 4 is 46.5 Å². The lowest BCUT2D eigenvalue weighted by atomic mass is 9.82. The predicted octanol–water partition coefficient (Wildman–Crippen LogP) is 6.79. The topological polar surface area (TPSA) is 40.6 Å². The van der Waals surface area contributed by atoms with Gasteiger partial charge in [0.05, 0.1) is 16.9 Å². The highest BCUT2D eigenvalue weighted by Crippen LogP contribution is 2.47. The molecule has 4 aromatic rings. The second-order valence-corrected chi connectivity index (χ2v) is 9.20. The fourth-order valence-electron chi connectivity index (χ4n) is 5.60. The Morgan fingerprint density at radius 2 is 1.06 bits per heavy atom. The van der Waals surface area contributed by atoms with Gasteiger partial charge in [0.25, 0.3) is 0 Å². The van der Waals surface area contributed by atoms with Gasteiger partial charge >= 0.3 is 0 Å². The molecule has 0 radical (unpaired) electrons. The number of para-hydroxylation sites is 2. The molecule has 3 aliphatic rings. The fourth-order valence-corrected chi connectivity index (χ4v) is 5.60. The largest absolute Gasteiger partial charge is 0.335 e. The number of hydrogen-bond acceptors (Lipinski definition) is 4. The van der Waals surface area contributed by atoms with E-state index in [0.29, 0.717) is 35.3 Å². The molecule has 0 fully saturated rings. The number of nitrogens with zero attached hydrogens (tertiary/aromatic N) is 2. The summed E-state index contributed by atoms with van der Waals surface area (Å²) in [5, 5.41) is 0. The molecule has 0 aromatic heterocycles. The van der Waals surface area contributed by atoms with Crippen molar-refractivity contribution in [3.05, 3.63) is 130 Å². The highest BCUT2D eigenvalue weighted by molar-refractivity contribution is 6.31. The van der Waals surface area contributed by atoms with Crippen molar-refractivity contribution < 1.29 is 9.59 Å². The van der Waals surface area contributed by atoms with Gasteiger partial charge in [-0.1, -0.05) is 85.0 Å². The number of carbonyl (C=O) groups excluding carboxylic acids is 2. The molecule has 4 aromatic carbocycles. The van der Waals surface area contributed by atoms with E-state index >= 15 is 0 Å². The molecule has 4 nitrogen and oxygen atoms in total. The van der Waals surface area contributed by atoms with E-state index in [0.717, 1.165) is 33.9 Å². The van der Waals surface area contributed by atoms with E-state index < -0.39 is 0 Å². The van der Waals surface area contributed by atoms with Crippen LogP contribution in [-0.4, -0.2) is 24.7 Å². The number of carbonyl (C=O) groups is 2. The molecule has 4 heteroatoms. The van der Waals surface area contributed by atoms with Gasteiger partial charge in [-0.15, -0.1) is 0 Å². The van der Waals surface area contributed by atoms with Crippen LogP contribution in [-0.2, 0) is 0 Å². The van der Waals surface area contributed by atoms with Gasteiger partial charge in [-0.2, -0.15) is 0 Å². The lowest BCUT2D eigenvalue weighted by Crippen LogP contribution is -2.31. The van der Waals surface area contributed by atoms with Crippen LogP contribution in [0.3, 0.4) is 0 Å². The van der Waals surface area contributed by atoms with Crippen molar-refractivity contribution in [1.82, 2.24) is 0 Å². The third kappa shape index (κ3) is 2.94. The van der Waals surface area contributed by atoms with Gasteiger partial charge in [0.15, 0.2) is 11.6 Å². The first kappa shape index (κ1) is 20.7. The molecule has 0 bridgehead atoms.